The van der Waals surface area contributed by atoms with E-state index in [1.807, 2.05) is 56.3 Å². The lowest BCUT2D eigenvalue weighted by atomic mass is 10.0. The fourth-order valence-corrected chi connectivity index (χ4v) is 4.61. The van der Waals surface area contributed by atoms with E-state index in [9.17, 15) is 9.59 Å². The van der Waals surface area contributed by atoms with Crippen molar-refractivity contribution in [2.24, 2.45) is 0 Å². The molecule has 0 unspecified atom stereocenters. The zero-order valence-corrected chi connectivity index (χ0v) is 17.1. The van der Waals surface area contributed by atoms with Gasteiger partial charge >= 0.3 is 0 Å². The van der Waals surface area contributed by atoms with Crippen LogP contribution in [0.1, 0.15) is 25.8 Å². The molecule has 0 aliphatic carbocycles. The number of fused-ring (bicyclic) bond motifs is 4. The summed E-state index contributed by atoms with van der Waals surface area (Å²) in [6, 6.07) is 13.1. The highest BCUT2D eigenvalue weighted by Gasteiger charge is 2.41. The lowest BCUT2D eigenvalue weighted by Crippen LogP contribution is -2.44. The molecule has 3 aliphatic heterocycles. The number of para-hydroxylation sites is 3. The van der Waals surface area contributed by atoms with Crippen LogP contribution >= 0.6 is 0 Å². The third kappa shape index (κ3) is 3.34. The molecule has 5 rings (SSSR count). The number of carbonyl (C=O) groups excluding carboxylic acids is 2. The Bertz CT molecular complexity index is 1020. The lowest BCUT2D eigenvalue weighted by molar-refractivity contribution is -0.124. The number of nitrogens with zero attached hydrogens (tertiary/aromatic N) is 1. The largest absolute Gasteiger partial charge is 0.483 e. The van der Waals surface area contributed by atoms with Crippen LogP contribution in [-0.4, -0.2) is 42.7 Å². The van der Waals surface area contributed by atoms with Crippen molar-refractivity contribution in [1.82, 2.24) is 5.32 Å². The first-order valence-electron chi connectivity index (χ1n) is 10.3. The van der Waals surface area contributed by atoms with Crippen molar-refractivity contribution >= 4 is 23.2 Å². The molecule has 2 atom stereocenters. The quantitative estimate of drug-likeness (QED) is 0.814. The van der Waals surface area contributed by atoms with Crippen LogP contribution < -0.4 is 25.0 Å². The van der Waals surface area contributed by atoms with Gasteiger partial charge in [0.05, 0.1) is 11.4 Å². The van der Waals surface area contributed by atoms with Gasteiger partial charge in [-0.25, -0.2) is 0 Å². The van der Waals surface area contributed by atoms with Gasteiger partial charge in [0.2, 0.25) is 5.91 Å². The minimum atomic E-state index is -0.268. The van der Waals surface area contributed by atoms with Gasteiger partial charge in [0.15, 0.2) is 18.1 Å². The molecule has 0 bridgehead atoms. The van der Waals surface area contributed by atoms with Gasteiger partial charge in [0.1, 0.15) is 11.6 Å². The van der Waals surface area contributed by atoms with Crippen LogP contribution in [0.15, 0.2) is 42.5 Å². The summed E-state index contributed by atoms with van der Waals surface area (Å²) in [5, 5.41) is 5.96. The topological polar surface area (TPSA) is 79.9 Å². The molecule has 0 radical (unpaired) electrons. The summed E-state index contributed by atoms with van der Waals surface area (Å²) in [6.45, 7) is 4.57. The first-order valence-corrected chi connectivity index (χ1v) is 10.3. The van der Waals surface area contributed by atoms with Gasteiger partial charge in [-0.15, -0.1) is 0 Å². The molecule has 2 amide bonds. The number of nitrogens with one attached hydrogen (secondary N) is 2. The molecule has 2 aromatic carbocycles. The van der Waals surface area contributed by atoms with Gasteiger partial charge in [-0.1, -0.05) is 24.3 Å². The third-order valence-corrected chi connectivity index (χ3v) is 5.85. The summed E-state index contributed by atoms with van der Waals surface area (Å²) in [5.74, 6) is 1.08. The standard InChI is InChI=1S/C23H25N3O4/c1-23(2)11-14-6-5-9-19(21(14)30-23)29-13-20(27)24-15-10-18-22(28)25-16-7-3-4-8-17(16)26(18)12-15/h3-9,15,18H,10-13H2,1-2H3,(H,24,27)(H,25,28)/t15-,18+/m1/s1. The molecular formula is C23H25N3O4. The smallest absolute Gasteiger partial charge is 0.258 e. The molecule has 0 aromatic heterocycles. The molecule has 1 fully saturated rings. The summed E-state index contributed by atoms with van der Waals surface area (Å²) in [7, 11) is 0. The van der Waals surface area contributed by atoms with Gasteiger partial charge in [-0.05, 0) is 38.5 Å². The molecule has 0 saturated carbocycles. The molecule has 0 spiro atoms. The number of anilines is 2. The summed E-state index contributed by atoms with van der Waals surface area (Å²) in [6.07, 6.45) is 1.39. The number of hydrogen-bond donors (Lipinski definition) is 2. The van der Waals surface area contributed by atoms with Gasteiger partial charge < -0.3 is 25.0 Å². The van der Waals surface area contributed by atoms with Crippen molar-refractivity contribution in [1.29, 1.82) is 0 Å². The molecule has 1 saturated heterocycles. The molecule has 7 heteroatoms. The average Bonchev–Trinajstić information content (AvgIpc) is 3.26. The number of rotatable bonds is 4. The Hall–Kier alpha value is -3.22. The normalized spacial score (nSPS) is 23.0. The molecule has 156 valence electrons. The summed E-state index contributed by atoms with van der Waals surface area (Å²) < 4.78 is 11.8. The van der Waals surface area contributed by atoms with E-state index in [-0.39, 0.29) is 36.1 Å². The fraction of sp³-hybridized carbons (Fsp3) is 0.391. The molecular weight excluding hydrogens is 382 g/mol. The zero-order valence-electron chi connectivity index (χ0n) is 17.1. The van der Waals surface area contributed by atoms with Gasteiger partial charge in [-0.3, -0.25) is 9.59 Å². The molecule has 30 heavy (non-hydrogen) atoms. The van der Waals surface area contributed by atoms with E-state index in [1.54, 1.807) is 0 Å². The van der Waals surface area contributed by atoms with Gasteiger partial charge in [0, 0.05) is 24.6 Å². The first kappa shape index (κ1) is 18.8. The van der Waals surface area contributed by atoms with Crippen LogP contribution in [0.2, 0.25) is 0 Å². The summed E-state index contributed by atoms with van der Waals surface area (Å²) in [4.78, 5) is 27.0. The number of benzene rings is 2. The zero-order chi connectivity index (χ0) is 20.9. The first-order chi connectivity index (χ1) is 14.4. The third-order valence-electron chi connectivity index (χ3n) is 5.85. The highest BCUT2D eigenvalue weighted by molar-refractivity contribution is 6.04. The Balaban J connectivity index is 1.21. The second-order valence-corrected chi connectivity index (χ2v) is 8.75. The van der Waals surface area contributed by atoms with E-state index in [2.05, 4.69) is 15.5 Å². The van der Waals surface area contributed by atoms with E-state index >= 15 is 0 Å². The second kappa shape index (κ2) is 6.93. The van der Waals surface area contributed by atoms with Crippen LogP contribution in [-0.2, 0) is 16.0 Å². The Morgan fingerprint density at radius 2 is 2.10 bits per heavy atom. The molecule has 2 N–H and O–H groups in total. The van der Waals surface area contributed by atoms with E-state index in [1.165, 1.54) is 0 Å². The van der Waals surface area contributed by atoms with Crippen molar-refractivity contribution < 1.29 is 19.1 Å². The maximum atomic E-state index is 12.5. The van der Waals surface area contributed by atoms with Crippen molar-refractivity contribution in [3.05, 3.63) is 48.0 Å². The number of amides is 2. The predicted molar refractivity (Wildman–Crippen MR) is 113 cm³/mol. The highest BCUT2D eigenvalue weighted by atomic mass is 16.5. The van der Waals surface area contributed by atoms with Crippen LogP contribution in [0.25, 0.3) is 0 Å². The molecule has 2 aromatic rings. The van der Waals surface area contributed by atoms with Gasteiger partial charge in [0.25, 0.3) is 5.91 Å². The number of hydrogen-bond acceptors (Lipinski definition) is 5. The summed E-state index contributed by atoms with van der Waals surface area (Å²) >= 11 is 0. The maximum absolute atomic E-state index is 12.5. The van der Waals surface area contributed by atoms with Crippen molar-refractivity contribution in [3.63, 3.8) is 0 Å². The minimum Gasteiger partial charge on any atom is -0.483 e. The minimum absolute atomic E-state index is 0.0266. The maximum Gasteiger partial charge on any atom is 0.258 e. The fourth-order valence-electron chi connectivity index (χ4n) is 4.61. The Morgan fingerprint density at radius 1 is 1.27 bits per heavy atom. The SMILES string of the molecule is CC1(C)Cc2cccc(OCC(=O)N[C@@H]3C[C@H]4C(=O)Nc5ccccc5N4C3)c2O1. The van der Waals surface area contributed by atoms with Crippen LogP contribution in [0.5, 0.6) is 11.5 Å². The average molecular weight is 407 g/mol. The van der Waals surface area contributed by atoms with Crippen molar-refractivity contribution in [3.8, 4) is 11.5 Å². The second-order valence-electron chi connectivity index (χ2n) is 8.75. The Morgan fingerprint density at radius 3 is 2.97 bits per heavy atom. The van der Waals surface area contributed by atoms with Crippen molar-refractivity contribution in [2.45, 2.75) is 44.4 Å². The highest BCUT2D eigenvalue weighted by Crippen LogP contribution is 2.41. The van der Waals surface area contributed by atoms with E-state index in [4.69, 9.17) is 9.47 Å². The van der Waals surface area contributed by atoms with Crippen LogP contribution in [0.4, 0.5) is 11.4 Å². The van der Waals surface area contributed by atoms with Gasteiger partial charge in [-0.2, -0.15) is 0 Å². The van der Waals surface area contributed by atoms with E-state index in [0.717, 1.165) is 29.1 Å². The monoisotopic (exact) mass is 407 g/mol. The molecule has 3 aliphatic rings. The van der Waals surface area contributed by atoms with Crippen LogP contribution in [0, 0.1) is 0 Å². The summed E-state index contributed by atoms with van der Waals surface area (Å²) in [5.41, 5.74) is 2.63. The molecule has 7 nitrogen and oxygen atoms in total. The lowest BCUT2D eigenvalue weighted by Gasteiger charge is -2.32. The van der Waals surface area contributed by atoms with Crippen LogP contribution in [0.3, 0.4) is 0 Å². The van der Waals surface area contributed by atoms with Crippen molar-refractivity contribution in [2.75, 3.05) is 23.4 Å². The number of ether oxygens (including phenoxy) is 2. The molecule has 3 heterocycles. The predicted octanol–water partition coefficient (Wildman–Crippen LogP) is 2.49. The Labute approximate surface area is 175 Å². The number of carbonyl (C=O) groups is 2. The van der Waals surface area contributed by atoms with E-state index < -0.39 is 0 Å². The Kier molecular flexibility index (Phi) is 4.34. The van der Waals surface area contributed by atoms with E-state index in [0.29, 0.717) is 18.7 Å².